The smallest absolute Gasteiger partial charge is 0.271 e. The van der Waals surface area contributed by atoms with Crippen molar-refractivity contribution in [1.29, 1.82) is 0 Å². The van der Waals surface area contributed by atoms with Crippen LogP contribution < -0.4 is 10.7 Å². The van der Waals surface area contributed by atoms with Crippen molar-refractivity contribution in [2.24, 2.45) is 5.10 Å². The summed E-state index contributed by atoms with van der Waals surface area (Å²) in [5.41, 5.74) is 6.35. The summed E-state index contributed by atoms with van der Waals surface area (Å²) in [4.78, 5) is 17.0. The summed E-state index contributed by atoms with van der Waals surface area (Å²) in [5, 5.41) is 20.4. The van der Waals surface area contributed by atoms with Gasteiger partial charge in [-0.1, -0.05) is 23.7 Å². The summed E-state index contributed by atoms with van der Waals surface area (Å²) in [7, 11) is 0. The van der Waals surface area contributed by atoms with Crippen molar-refractivity contribution in [2.45, 2.75) is 0 Å². The number of carbonyl (C=O) groups excluding carboxylic acids is 1. The fourth-order valence-electron chi connectivity index (χ4n) is 2.80. The highest BCUT2D eigenvalue weighted by molar-refractivity contribution is 14.1. The number of anilines is 2. The Hall–Kier alpha value is -2.47. The molecule has 10 heteroatoms. The second-order valence-corrected chi connectivity index (χ2v) is 10.1. The van der Waals surface area contributed by atoms with Gasteiger partial charge in [0.15, 0.2) is 5.13 Å². The number of nitrogens with one attached hydrogen (secondary N) is 2. The number of phenolic OH excluding ortho intramolecular Hbond substituents is 1. The van der Waals surface area contributed by atoms with Crippen LogP contribution >= 0.6 is 61.5 Å². The van der Waals surface area contributed by atoms with E-state index in [1.54, 1.807) is 24.3 Å². The minimum Gasteiger partial charge on any atom is -0.506 e. The van der Waals surface area contributed by atoms with Crippen molar-refractivity contribution >= 4 is 84.4 Å². The van der Waals surface area contributed by atoms with Gasteiger partial charge in [-0.2, -0.15) is 5.10 Å². The molecule has 0 saturated carbocycles. The Morgan fingerprint density at radius 2 is 1.88 bits per heavy atom. The lowest BCUT2D eigenvalue weighted by Crippen LogP contribution is -2.17. The average molecular weight is 654 g/mol. The fraction of sp³-hybridized carbons (Fsp3) is 0. The van der Waals surface area contributed by atoms with E-state index in [9.17, 15) is 9.90 Å². The van der Waals surface area contributed by atoms with Gasteiger partial charge in [0, 0.05) is 27.2 Å². The molecule has 4 rings (SSSR count). The number of nitrogens with zero attached hydrogens (tertiary/aromatic N) is 2. The van der Waals surface area contributed by atoms with Gasteiger partial charge in [0.2, 0.25) is 0 Å². The van der Waals surface area contributed by atoms with Crippen LogP contribution in [0.2, 0.25) is 5.02 Å². The maximum absolute atomic E-state index is 12.4. The molecule has 166 valence electrons. The van der Waals surface area contributed by atoms with E-state index in [1.165, 1.54) is 17.6 Å². The number of rotatable bonds is 6. The molecule has 0 saturated heterocycles. The maximum atomic E-state index is 12.4. The summed E-state index contributed by atoms with van der Waals surface area (Å²) < 4.78 is 1.24. The van der Waals surface area contributed by atoms with Crippen molar-refractivity contribution in [1.82, 2.24) is 10.4 Å². The van der Waals surface area contributed by atoms with Gasteiger partial charge in [-0.05, 0) is 92.6 Å². The van der Waals surface area contributed by atoms with E-state index in [4.69, 9.17) is 11.6 Å². The molecule has 0 unspecified atom stereocenters. The SMILES string of the molecule is O=C(N/N=C\c1cc(Br)c(O)c(I)c1)c1ccc(-c2csc(Nc3ccc(Cl)cc3)n2)cc1. The van der Waals surface area contributed by atoms with Crippen LogP contribution in [-0.4, -0.2) is 22.2 Å². The molecule has 0 fully saturated rings. The number of phenols is 1. The minimum atomic E-state index is -0.325. The molecule has 0 spiro atoms. The van der Waals surface area contributed by atoms with Crippen LogP contribution in [0.3, 0.4) is 0 Å². The van der Waals surface area contributed by atoms with E-state index in [-0.39, 0.29) is 11.7 Å². The van der Waals surface area contributed by atoms with Gasteiger partial charge in [0.1, 0.15) is 5.75 Å². The van der Waals surface area contributed by atoms with E-state index in [0.717, 1.165) is 27.6 Å². The molecule has 1 aromatic heterocycles. The Kier molecular flexibility index (Phi) is 7.63. The molecular weight excluding hydrogens is 639 g/mol. The van der Waals surface area contributed by atoms with Crippen LogP contribution in [0, 0.1) is 3.57 Å². The second-order valence-electron chi connectivity index (χ2n) is 6.78. The van der Waals surface area contributed by atoms with Gasteiger partial charge in [0.05, 0.1) is 20.0 Å². The quantitative estimate of drug-likeness (QED) is 0.118. The van der Waals surface area contributed by atoms with Gasteiger partial charge >= 0.3 is 0 Å². The Balaban J connectivity index is 1.38. The monoisotopic (exact) mass is 652 g/mol. The predicted octanol–water partition coefficient (Wildman–Crippen LogP) is 7.04. The van der Waals surface area contributed by atoms with E-state index >= 15 is 0 Å². The van der Waals surface area contributed by atoms with E-state index < -0.39 is 0 Å². The lowest BCUT2D eigenvalue weighted by Gasteiger charge is -2.03. The van der Waals surface area contributed by atoms with Crippen molar-refractivity contribution in [2.75, 3.05) is 5.32 Å². The third kappa shape index (κ3) is 6.11. The molecule has 3 aromatic carbocycles. The van der Waals surface area contributed by atoms with Crippen molar-refractivity contribution < 1.29 is 9.90 Å². The summed E-state index contributed by atoms with van der Waals surface area (Å²) in [6.45, 7) is 0. The van der Waals surface area contributed by atoms with Crippen LogP contribution in [0.4, 0.5) is 10.8 Å². The Labute approximate surface area is 221 Å². The fourth-order valence-corrected chi connectivity index (χ4v) is 5.17. The number of thiazole rings is 1. The number of hydrogen-bond donors (Lipinski definition) is 3. The number of carbonyl (C=O) groups is 1. The van der Waals surface area contributed by atoms with Crippen LogP contribution in [0.5, 0.6) is 5.75 Å². The van der Waals surface area contributed by atoms with Crippen LogP contribution in [0.25, 0.3) is 11.3 Å². The van der Waals surface area contributed by atoms with E-state index in [0.29, 0.717) is 18.6 Å². The second kappa shape index (κ2) is 10.6. The highest BCUT2D eigenvalue weighted by Crippen LogP contribution is 2.30. The average Bonchev–Trinajstić information content (AvgIpc) is 3.27. The highest BCUT2D eigenvalue weighted by Gasteiger charge is 2.09. The molecule has 0 radical (unpaired) electrons. The molecule has 1 amide bonds. The number of amides is 1. The van der Waals surface area contributed by atoms with Crippen LogP contribution in [-0.2, 0) is 0 Å². The molecule has 0 atom stereocenters. The Morgan fingerprint density at radius 3 is 2.58 bits per heavy atom. The van der Waals surface area contributed by atoms with E-state index in [2.05, 4.69) is 36.8 Å². The van der Waals surface area contributed by atoms with Crippen LogP contribution in [0.1, 0.15) is 15.9 Å². The number of aromatic nitrogens is 1. The summed E-state index contributed by atoms with van der Waals surface area (Å²) in [6, 6.07) is 18.0. The molecule has 0 aliphatic carbocycles. The lowest BCUT2D eigenvalue weighted by molar-refractivity contribution is 0.0955. The first-order chi connectivity index (χ1) is 15.9. The summed E-state index contributed by atoms with van der Waals surface area (Å²) in [6.07, 6.45) is 1.52. The summed E-state index contributed by atoms with van der Waals surface area (Å²) >= 11 is 12.7. The first-order valence-electron chi connectivity index (χ1n) is 9.49. The number of hydrazone groups is 1. The topological polar surface area (TPSA) is 86.6 Å². The van der Waals surface area contributed by atoms with Gasteiger partial charge in [-0.25, -0.2) is 10.4 Å². The largest absolute Gasteiger partial charge is 0.506 e. The molecule has 6 nitrogen and oxygen atoms in total. The van der Waals surface area contributed by atoms with E-state index in [1.807, 2.05) is 64.4 Å². The zero-order chi connectivity index (χ0) is 23.4. The minimum absolute atomic E-state index is 0.171. The van der Waals surface area contributed by atoms with Gasteiger partial charge < -0.3 is 10.4 Å². The molecular formula is C23H15BrClIN4O2S. The zero-order valence-electron chi connectivity index (χ0n) is 16.7. The molecule has 0 aliphatic heterocycles. The number of halogens is 3. The first kappa shape index (κ1) is 23.7. The molecule has 0 aliphatic rings. The molecule has 33 heavy (non-hydrogen) atoms. The zero-order valence-corrected chi connectivity index (χ0v) is 22.0. The lowest BCUT2D eigenvalue weighted by atomic mass is 10.1. The first-order valence-corrected chi connectivity index (χ1v) is 12.6. The molecule has 0 bridgehead atoms. The van der Waals surface area contributed by atoms with Crippen molar-refractivity contribution in [3.05, 3.63) is 90.2 Å². The van der Waals surface area contributed by atoms with Gasteiger partial charge in [-0.15, -0.1) is 11.3 Å². The highest BCUT2D eigenvalue weighted by atomic mass is 127. The van der Waals surface area contributed by atoms with Gasteiger partial charge in [-0.3, -0.25) is 4.79 Å². The van der Waals surface area contributed by atoms with Gasteiger partial charge in [0.25, 0.3) is 5.91 Å². The normalized spacial score (nSPS) is 11.0. The van der Waals surface area contributed by atoms with Crippen molar-refractivity contribution in [3.63, 3.8) is 0 Å². The molecule has 3 N–H and O–H groups in total. The third-order valence-electron chi connectivity index (χ3n) is 4.46. The van der Waals surface area contributed by atoms with Crippen molar-refractivity contribution in [3.8, 4) is 17.0 Å². The third-order valence-corrected chi connectivity index (χ3v) is 6.90. The Morgan fingerprint density at radius 1 is 1.15 bits per heavy atom. The Bertz CT molecular complexity index is 1300. The molecule has 1 heterocycles. The predicted molar refractivity (Wildman–Crippen MR) is 146 cm³/mol. The number of hydrogen-bond acceptors (Lipinski definition) is 6. The number of aromatic hydroxyl groups is 1. The summed E-state index contributed by atoms with van der Waals surface area (Å²) in [5.74, 6) is -0.154. The standard InChI is InChI=1S/C23H15BrClIN4O2S/c24-18-9-13(10-19(26)21(18)31)11-27-30-22(32)15-3-1-14(2-4-15)20-12-33-23(29-20)28-17-7-5-16(25)6-8-17/h1-12,31H,(H,28,29)(H,30,32)/b27-11-. The van der Waals surface area contributed by atoms with Crippen LogP contribution in [0.15, 0.2) is 75.6 Å². The number of benzene rings is 3. The maximum Gasteiger partial charge on any atom is 0.271 e. The molecule has 4 aromatic rings.